The van der Waals surface area contributed by atoms with E-state index in [1.54, 1.807) is 12.3 Å². The highest BCUT2D eigenvalue weighted by Gasteiger charge is 2.19. The van der Waals surface area contributed by atoms with Crippen molar-refractivity contribution in [2.45, 2.75) is 6.92 Å². The average molecular weight is 278 g/mol. The molecule has 0 aliphatic carbocycles. The van der Waals surface area contributed by atoms with Gasteiger partial charge in [0.05, 0.1) is 16.2 Å². The van der Waals surface area contributed by atoms with Crippen molar-refractivity contribution < 1.29 is 9.72 Å². The Morgan fingerprint density at radius 3 is 2.84 bits per heavy atom. The number of nitro groups is 1. The molecule has 1 amide bonds. The molecule has 2 aromatic rings. The maximum atomic E-state index is 12.0. The molecule has 0 saturated heterocycles. The van der Waals surface area contributed by atoms with Gasteiger partial charge in [0.2, 0.25) is 0 Å². The third kappa shape index (κ3) is 2.68. The molecular weight excluding hydrogens is 268 g/mol. The number of aryl methyl sites for hydroxylation is 1. The number of thiazole rings is 1. The lowest BCUT2D eigenvalue weighted by atomic mass is 10.1. The number of para-hydroxylation sites is 1. The molecule has 0 unspecified atom stereocenters. The summed E-state index contributed by atoms with van der Waals surface area (Å²) in [5, 5.41) is 15.5. The number of carbonyl (C=O) groups is 1. The number of nitrogen functional groups attached to an aromatic ring is 1. The van der Waals surface area contributed by atoms with Crippen LogP contribution in [0.2, 0.25) is 0 Å². The summed E-state index contributed by atoms with van der Waals surface area (Å²) in [6, 6.07) is 4.09. The molecule has 1 aromatic heterocycles. The summed E-state index contributed by atoms with van der Waals surface area (Å²) in [6.07, 6.45) is 0. The number of nitrogens with zero attached hydrogens (tertiary/aromatic N) is 2. The maximum absolute atomic E-state index is 12.0. The summed E-state index contributed by atoms with van der Waals surface area (Å²) >= 11 is 1.27. The average Bonchev–Trinajstić information content (AvgIpc) is 2.74. The first-order valence-corrected chi connectivity index (χ1v) is 6.13. The van der Waals surface area contributed by atoms with Crippen molar-refractivity contribution in [1.29, 1.82) is 0 Å². The van der Waals surface area contributed by atoms with Crippen LogP contribution in [0.15, 0.2) is 23.6 Å². The van der Waals surface area contributed by atoms with E-state index in [9.17, 15) is 14.9 Å². The Bertz CT molecular complexity index is 653. The maximum Gasteiger partial charge on any atom is 0.292 e. The van der Waals surface area contributed by atoms with Crippen molar-refractivity contribution in [2.24, 2.45) is 0 Å². The molecule has 0 saturated carbocycles. The van der Waals surface area contributed by atoms with E-state index in [2.05, 4.69) is 10.3 Å². The fraction of sp³-hybridized carbons (Fsp3) is 0.0909. The second kappa shape index (κ2) is 5.02. The number of nitrogens with one attached hydrogen (secondary N) is 1. The molecule has 0 aliphatic rings. The minimum Gasteiger partial charge on any atom is -0.393 e. The molecule has 0 fully saturated rings. The monoisotopic (exact) mass is 278 g/mol. The van der Waals surface area contributed by atoms with Gasteiger partial charge < -0.3 is 5.73 Å². The van der Waals surface area contributed by atoms with Crippen LogP contribution in [0.25, 0.3) is 0 Å². The van der Waals surface area contributed by atoms with Gasteiger partial charge in [-0.05, 0) is 13.0 Å². The van der Waals surface area contributed by atoms with Crippen molar-refractivity contribution in [3.8, 4) is 0 Å². The zero-order chi connectivity index (χ0) is 14.0. The molecule has 0 atom stereocenters. The Morgan fingerprint density at radius 1 is 1.53 bits per heavy atom. The molecule has 0 spiro atoms. The molecule has 8 heteroatoms. The quantitative estimate of drug-likeness (QED) is 0.508. The molecule has 7 nitrogen and oxygen atoms in total. The number of rotatable bonds is 3. The number of anilines is 2. The van der Waals surface area contributed by atoms with Crippen molar-refractivity contribution in [2.75, 3.05) is 11.1 Å². The van der Waals surface area contributed by atoms with E-state index >= 15 is 0 Å². The first-order valence-electron chi connectivity index (χ1n) is 5.25. The Labute approximate surface area is 112 Å². The molecule has 0 aliphatic heterocycles. The lowest BCUT2D eigenvalue weighted by Crippen LogP contribution is -2.14. The highest BCUT2D eigenvalue weighted by Crippen LogP contribution is 2.26. The van der Waals surface area contributed by atoms with Gasteiger partial charge >= 0.3 is 0 Å². The van der Waals surface area contributed by atoms with Crippen LogP contribution in [-0.2, 0) is 0 Å². The number of nitro benzene ring substituents is 1. The van der Waals surface area contributed by atoms with E-state index in [0.29, 0.717) is 5.13 Å². The summed E-state index contributed by atoms with van der Waals surface area (Å²) in [5.74, 6) is -0.518. The fourth-order valence-electron chi connectivity index (χ4n) is 1.49. The Morgan fingerprint density at radius 2 is 2.26 bits per heavy atom. The number of carbonyl (C=O) groups excluding carboxylic acids is 1. The van der Waals surface area contributed by atoms with E-state index in [4.69, 9.17) is 5.73 Å². The predicted octanol–water partition coefficient (Wildman–Crippen LogP) is 2.19. The molecule has 0 bridgehead atoms. The normalized spacial score (nSPS) is 10.2. The minimum absolute atomic E-state index is 0.0575. The third-order valence-corrected chi connectivity index (χ3v) is 3.24. The highest BCUT2D eigenvalue weighted by molar-refractivity contribution is 7.13. The minimum atomic E-state index is -0.625. The van der Waals surface area contributed by atoms with E-state index in [-0.39, 0.29) is 16.9 Å². The molecule has 98 valence electrons. The lowest BCUT2D eigenvalue weighted by Gasteiger charge is -2.05. The number of aromatic nitrogens is 1. The zero-order valence-electron chi connectivity index (χ0n) is 9.91. The smallest absolute Gasteiger partial charge is 0.292 e. The lowest BCUT2D eigenvalue weighted by molar-refractivity contribution is -0.383. The summed E-state index contributed by atoms with van der Waals surface area (Å²) in [7, 11) is 0. The Kier molecular flexibility index (Phi) is 3.43. The van der Waals surface area contributed by atoms with Crippen LogP contribution in [-0.4, -0.2) is 15.8 Å². The standard InChI is InChI=1S/C11H10N4O3S/c1-6-5-19-11(13-6)14-10(16)7-3-2-4-8(9(7)12)15(17)18/h2-5H,12H2,1H3,(H,13,14,16). The van der Waals surface area contributed by atoms with Gasteiger partial charge in [-0.25, -0.2) is 4.98 Å². The Balaban J connectivity index is 2.29. The number of amides is 1. The van der Waals surface area contributed by atoms with Crippen molar-refractivity contribution >= 4 is 33.8 Å². The predicted molar refractivity (Wildman–Crippen MR) is 72.3 cm³/mol. The molecule has 2 rings (SSSR count). The van der Waals surface area contributed by atoms with Crippen LogP contribution in [0.5, 0.6) is 0 Å². The van der Waals surface area contributed by atoms with Gasteiger partial charge in [0.25, 0.3) is 11.6 Å². The van der Waals surface area contributed by atoms with E-state index in [1.165, 1.54) is 29.5 Å². The van der Waals surface area contributed by atoms with Crippen molar-refractivity contribution in [3.05, 3.63) is 45.0 Å². The second-order valence-electron chi connectivity index (χ2n) is 3.74. The zero-order valence-corrected chi connectivity index (χ0v) is 10.7. The molecule has 0 radical (unpaired) electrons. The summed E-state index contributed by atoms with van der Waals surface area (Å²) in [5.41, 5.74) is 6.02. The summed E-state index contributed by atoms with van der Waals surface area (Å²) < 4.78 is 0. The molecule has 1 heterocycles. The Hall–Kier alpha value is -2.48. The number of hydrogen-bond donors (Lipinski definition) is 2. The summed E-state index contributed by atoms with van der Waals surface area (Å²) in [6.45, 7) is 1.80. The number of nitrogens with two attached hydrogens (primary N) is 1. The molecule has 19 heavy (non-hydrogen) atoms. The summed E-state index contributed by atoms with van der Waals surface area (Å²) in [4.78, 5) is 26.2. The number of benzene rings is 1. The highest BCUT2D eigenvalue weighted by atomic mass is 32.1. The first kappa shape index (κ1) is 13.0. The topological polar surface area (TPSA) is 111 Å². The van der Waals surface area contributed by atoms with Gasteiger partial charge in [0.1, 0.15) is 5.69 Å². The van der Waals surface area contributed by atoms with Gasteiger partial charge in [0, 0.05) is 11.4 Å². The molecular formula is C11H10N4O3S. The fourth-order valence-corrected chi connectivity index (χ4v) is 2.17. The van der Waals surface area contributed by atoms with Gasteiger partial charge in [-0.3, -0.25) is 20.2 Å². The van der Waals surface area contributed by atoms with Crippen LogP contribution >= 0.6 is 11.3 Å². The largest absolute Gasteiger partial charge is 0.393 e. The van der Waals surface area contributed by atoms with Crippen molar-refractivity contribution in [1.82, 2.24) is 4.98 Å². The van der Waals surface area contributed by atoms with Gasteiger partial charge in [-0.15, -0.1) is 11.3 Å². The van der Waals surface area contributed by atoms with Crippen LogP contribution in [0.1, 0.15) is 16.1 Å². The second-order valence-corrected chi connectivity index (χ2v) is 4.60. The van der Waals surface area contributed by atoms with Crippen molar-refractivity contribution in [3.63, 3.8) is 0 Å². The SMILES string of the molecule is Cc1csc(NC(=O)c2cccc([N+](=O)[O-])c2N)n1. The van der Waals surface area contributed by atoms with Crippen LogP contribution in [0.3, 0.4) is 0 Å². The van der Waals surface area contributed by atoms with Crippen LogP contribution in [0, 0.1) is 17.0 Å². The van der Waals surface area contributed by atoms with Gasteiger partial charge in [0.15, 0.2) is 5.13 Å². The van der Waals surface area contributed by atoms with Gasteiger partial charge in [-0.2, -0.15) is 0 Å². The van der Waals surface area contributed by atoms with Crippen LogP contribution in [0.4, 0.5) is 16.5 Å². The van der Waals surface area contributed by atoms with Crippen LogP contribution < -0.4 is 11.1 Å². The van der Waals surface area contributed by atoms with E-state index in [0.717, 1.165) is 5.69 Å². The first-order chi connectivity index (χ1) is 8.99. The molecule has 1 aromatic carbocycles. The number of hydrogen-bond acceptors (Lipinski definition) is 6. The third-order valence-electron chi connectivity index (χ3n) is 2.36. The van der Waals surface area contributed by atoms with E-state index in [1.807, 2.05) is 0 Å². The van der Waals surface area contributed by atoms with Gasteiger partial charge in [-0.1, -0.05) is 6.07 Å². The van der Waals surface area contributed by atoms with E-state index < -0.39 is 10.8 Å². The molecule has 3 N–H and O–H groups in total.